The quantitative estimate of drug-likeness (QED) is 0.777. The van der Waals surface area contributed by atoms with Crippen molar-refractivity contribution in [3.63, 3.8) is 0 Å². The van der Waals surface area contributed by atoms with E-state index < -0.39 is 17.6 Å². The van der Waals surface area contributed by atoms with Crippen molar-refractivity contribution in [3.8, 4) is 22.9 Å². The van der Waals surface area contributed by atoms with E-state index in [2.05, 4.69) is 0 Å². The van der Waals surface area contributed by atoms with E-state index in [0.29, 0.717) is 17.4 Å². The lowest BCUT2D eigenvalue weighted by Crippen LogP contribution is -2.05. The van der Waals surface area contributed by atoms with Crippen LogP contribution in [0.25, 0.3) is 11.1 Å². The highest BCUT2D eigenvalue weighted by Crippen LogP contribution is 2.35. The van der Waals surface area contributed by atoms with Gasteiger partial charge in [-0.3, -0.25) is 0 Å². The maximum Gasteiger partial charge on any atom is 0.416 e. The number of halogens is 4. The van der Waals surface area contributed by atoms with E-state index in [-0.39, 0.29) is 17.5 Å². The molecule has 0 N–H and O–H groups in total. The molecule has 0 aromatic heterocycles. The minimum Gasteiger partial charge on any atom is -0.496 e. The second kappa shape index (κ2) is 6.06. The number of nitriles is 1. The lowest BCUT2D eigenvalue weighted by atomic mass is 9.99. The highest BCUT2D eigenvalue weighted by Gasteiger charge is 2.31. The summed E-state index contributed by atoms with van der Waals surface area (Å²) in [6, 6.07) is 8.59. The van der Waals surface area contributed by atoms with Crippen LogP contribution in [0.4, 0.5) is 17.6 Å². The zero-order valence-electron chi connectivity index (χ0n) is 11.5. The molecule has 0 bridgehead atoms. The van der Waals surface area contributed by atoms with Crippen LogP contribution in [-0.2, 0) is 12.6 Å². The first-order valence-electron chi connectivity index (χ1n) is 6.28. The molecule has 2 rings (SSSR count). The number of ether oxygens (including phenoxy) is 1. The largest absolute Gasteiger partial charge is 0.496 e. The summed E-state index contributed by atoms with van der Waals surface area (Å²) in [6.45, 7) is 0. The maximum atomic E-state index is 13.9. The van der Waals surface area contributed by atoms with Crippen molar-refractivity contribution in [1.82, 2.24) is 0 Å². The van der Waals surface area contributed by atoms with Crippen molar-refractivity contribution in [2.75, 3.05) is 7.11 Å². The number of methoxy groups -OCH3 is 1. The molecule has 2 aromatic carbocycles. The average molecular weight is 309 g/mol. The molecule has 22 heavy (non-hydrogen) atoms. The fourth-order valence-electron chi connectivity index (χ4n) is 2.09. The van der Waals surface area contributed by atoms with E-state index in [1.165, 1.54) is 25.3 Å². The molecule has 0 fully saturated rings. The van der Waals surface area contributed by atoms with Crippen LogP contribution in [0.2, 0.25) is 0 Å². The van der Waals surface area contributed by atoms with Crippen molar-refractivity contribution in [2.24, 2.45) is 0 Å². The van der Waals surface area contributed by atoms with E-state index in [4.69, 9.17) is 10.00 Å². The molecule has 0 radical (unpaired) electrons. The number of benzene rings is 2. The number of hydrogen-bond donors (Lipinski definition) is 0. The van der Waals surface area contributed by atoms with Crippen molar-refractivity contribution in [3.05, 3.63) is 53.3 Å². The van der Waals surface area contributed by atoms with Crippen LogP contribution in [-0.4, -0.2) is 7.11 Å². The van der Waals surface area contributed by atoms with Crippen molar-refractivity contribution >= 4 is 0 Å². The van der Waals surface area contributed by atoms with Gasteiger partial charge in [0, 0.05) is 11.1 Å². The Bertz CT molecular complexity index is 732. The molecule has 0 unspecified atom stereocenters. The molecule has 6 heteroatoms. The third-order valence-corrected chi connectivity index (χ3v) is 3.15. The number of alkyl halides is 3. The van der Waals surface area contributed by atoms with Gasteiger partial charge >= 0.3 is 6.18 Å². The fraction of sp³-hybridized carbons (Fsp3) is 0.188. The molecule has 0 aliphatic heterocycles. The summed E-state index contributed by atoms with van der Waals surface area (Å²) < 4.78 is 57.2. The Hall–Kier alpha value is -2.55. The average Bonchev–Trinajstić information content (AvgIpc) is 2.47. The number of nitrogens with zero attached hydrogens (tertiary/aromatic N) is 1. The predicted octanol–water partition coefficient (Wildman–Crippen LogP) is 4.59. The zero-order valence-corrected chi connectivity index (χ0v) is 11.5. The minimum atomic E-state index is -4.55. The molecule has 114 valence electrons. The van der Waals surface area contributed by atoms with E-state index in [1.54, 1.807) is 0 Å². The lowest BCUT2D eigenvalue weighted by molar-refractivity contribution is -0.137. The second-order valence-electron chi connectivity index (χ2n) is 4.55. The molecule has 0 aliphatic carbocycles. The van der Waals surface area contributed by atoms with Crippen LogP contribution in [0, 0.1) is 17.1 Å². The summed E-state index contributed by atoms with van der Waals surface area (Å²) in [5.41, 5.74) is -0.354. The van der Waals surface area contributed by atoms with Gasteiger partial charge in [-0.05, 0) is 35.9 Å². The first-order valence-corrected chi connectivity index (χ1v) is 6.28. The molecule has 2 aromatic rings. The summed E-state index contributed by atoms with van der Waals surface area (Å²) in [5.74, 6) is -0.334. The smallest absolute Gasteiger partial charge is 0.416 e. The first-order chi connectivity index (χ1) is 10.4. The molecular weight excluding hydrogens is 298 g/mol. The van der Waals surface area contributed by atoms with Gasteiger partial charge in [0.2, 0.25) is 0 Å². The van der Waals surface area contributed by atoms with E-state index in [0.717, 1.165) is 12.1 Å². The maximum absolute atomic E-state index is 13.9. The molecule has 2 nitrogen and oxygen atoms in total. The van der Waals surface area contributed by atoms with Crippen LogP contribution in [0.3, 0.4) is 0 Å². The lowest BCUT2D eigenvalue weighted by Gasteiger charge is -2.12. The van der Waals surface area contributed by atoms with Crippen LogP contribution < -0.4 is 4.74 Å². The Balaban J connectivity index is 2.57. The highest BCUT2D eigenvalue weighted by molar-refractivity contribution is 5.67. The molecular formula is C16H11F4NO. The third-order valence-electron chi connectivity index (χ3n) is 3.15. The summed E-state index contributed by atoms with van der Waals surface area (Å²) >= 11 is 0. The van der Waals surface area contributed by atoms with Crippen molar-refractivity contribution < 1.29 is 22.3 Å². The standard InChI is InChI=1S/C16H11F4NO/c1-22-15-5-2-10(8-11(15)6-7-21)13-9-12(16(18,19)20)3-4-14(13)17/h2-5,8-9H,6H2,1H3. The molecule has 0 amide bonds. The molecule has 0 spiro atoms. The van der Waals surface area contributed by atoms with Gasteiger partial charge in [-0.15, -0.1) is 0 Å². The number of rotatable bonds is 3. The normalized spacial score (nSPS) is 11.1. The summed E-state index contributed by atoms with van der Waals surface area (Å²) in [7, 11) is 1.42. The van der Waals surface area contributed by atoms with Gasteiger partial charge in [-0.1, -0.05) is 6.07 Å². The van der Waals surface area contributed by atoms with Crippen LogP contribution >= 0.6 is 0 Å². The van der Waals surface area contributed by atoms with Crippen molar-refractivity contribution in [2.45, 2.75) is 12.6 Å². The Morgan fingerprint density at radius 3 is 2.45 bits per heavy atom. The minimum absolute atomic E-state index is 0.0115. The van der Waals surface area contributed by atoms with Gasteiger partial charge < -0.3 is 4.74 Å². The second-order valence-corrected chi connectivity index (χ2v) is 4.55. The summed E-state index contributed by atoms with van der Waals surface area (Å²) in [4.78, 5) is 0. The Morgan fingerprint density at radius 1 is 1.14 bits per heavy atom. The predicted molar refractivity (Wildman–Crippen MR) is 72.7 cm³/mol. The van der Waals surface area contributed by atoms with Gasteiger partial charge in [0.15, 0.2) is 0 Å². The van der Waals surface area contributed by atoms with Crippen LogP contribution in [0.15, 0.2) is 36.4 Å². The Kier molecular flexibility index (Phi) is 4.36. The summed E-state index contributed by atoms with van der Waals surface area (Å²) in [6.07, 6.45) is -4.54. The number of hydrogen-bond acceptors (Lipinski definition) is 2. The van der Waals surface area contributed by atoms with E-state index in [1.807, 2.05) is 6.07 Å². The van der Waals surface area contributed by atoms with Gasteiger partial charge in [0.05, 0.1) is 25.2 Å². The topological polar surface area (TPSA) is 33.0 Å². The van der Waals surface area contributed by atoms with Crippen LogP contribution in [0.5, 0.6) is 5.75 Å². The van der Waals surface area contributed by atoms with Gasteiger partial charge in [-0.2, -0.15) is 18.4 Å². The highest BCUT2D eigenvalue weighted by atomic mass is 19.4. The first kappa shape index (κ1) is 15.8. The van der Waals surface area contributed by atoms with Gasteiger partial charge in [-0.25, -0.2) is 4.39 Å². The molecule has 0 saturated heterocycles. The monoisotopic (exact) mass is 309 g/mol. The Labute approximate surface area is 124 Å². The molecule has 0 atom stereocenters. The SMILES string of the molecule is COc1ccc(-c2cc(C(F)(F)F)ccc2F)cc1CC#N. The molecule has 0 heterocycles. The van der Waals surface area contributed by atoms with Gasteiger partial charge in [0.1, 0.15) is 11.6 Å². The van der Waals surface area contributed by atoms with Crippen molar-refractivity contribution in [1.29, 1.82) is 5.26 Å². The van der Waals surface area contributed by atoms with E-state index >= 15 is 0 Å². The Morgan fingerprint density at radius 2 is 1.86 bits per heavy atom. The summed E-state index contributed by atoms with van der Waals surface area (Å²) in [5, 5.41) is 8.78. The van der Waals surface area contributed by atoms with Crippen LogP contribution in [0.1, 0.15) is 11.1 Å². The zero-order chi connectivity index (χ0) is 16.3. The van der Waals surface area contributed by atoms with E-state index in [9.17, 15) is 17.6 Å². The fourth-order valence-corrected chi connectivity index (χ4v) is 2.09. The molecule has 0 saturated carbocycles. The third kappa shape index (κ3) is 3.19. The van der Waals surface area contributed by atoms with Gasteiger partial charge in [0.25, 0.3) is 0 Å². The molecule has 0 aliphatic rings.